The molecular weight excluding hydrogens is 326 g/mol. The number of carbonyl (C=O) groups excluding carboxylic acids is 1. The second-order valence-electron chi connectivity index (χ2n) is 6.60. The quantitative estimate of drug-likeness (QED) is 0.871. The minimum Gasteiger partial charge on any atom is -0.378 e. The average molecular weight is 354 g/mol. The molecule has 2 fully saturated rings. The molecule has 0 bridgehead atoms. The number of nitrogens with one attached hydrogen (secondary N) is 1. The lowest BCUT2D eigenvalue weighted by atomic mass is 10.1. The van der Waals surface area contributed by atoms with Gasteiger partial charge in [-0.1, -0.05) is 30.3 Å². The van der Waals surface area contributed by atoms with Crippen LogP contribution in [-0.2, 0) is 16.1 Å². The first-order chi connectivity index (χ1) is 11.2. The summed E-state index contributed by atoms with van der Waals surface area (Å²) in [6.07, 6.45) is 1.59. The van der Waals surface area contributed by atoms with Crippen molar-refractivity contribution < 1.29 is 9.53 Å². The van der Waals surface area contributed by atoms with Gasteiger partial charge in [-0.15, -0.1) is 12.4 Å². The van der Waals surface area contributed by atoms with Gasteiger partial charge in [0.1, 0.15) is 0 Å². The number of rotatable bonds is 5. The number of morpholine rings is 1. The summed E-state index contributed by atoms with van der Waals surface area (Å²) in [6, 6.07) is 11.0. The molecule has 24 heavy (non-hydrogen) atoms. The number of likely N-dealkylation sites (N-methyl/N-ethyl adjacent to an activating group) is 1. The van der Waals surface area contributed by atoms with Gasteiger partial charge in [-0.2, -0.15) is 0 Å². The second-order valence-corrected chi connectivity index (χ2v) is 6.60. The molecule has 1 aromatic carbocycles. The maximum Gasteiger partial charge on any atom is 0.224 e. The Morgan fingerprint density at radius 1 is 1.38 bits per heavy atom. The summed E-state index contributed by atoms with van der Waals surface area (Å²) in [6.45, 7) is 5.23. The van der Waals surface area contributed by atoms with E-state index >= 15 is 0 Å². The van der Waals surface area contributed by atoms with Crippen molar-refractivity contribution in [1.82, 2.24) is 15.1 Å². The van der Waals surface area contributed by atoms with Gasteiger partial charge < -0.3 is 15.0 Å². The van der Waals surface area contributed by atoms with Crippen molar-refractivity contribution in [3.8, 4) is 0 Å². The number of halogens is 1. The highest BCUT2D eigenvalue weighted by atomic mass is 35.5. The first-order valence-electron chi connectivity index (χ1n) is 8.55. The maximum absolute atomic E-state index is 12.5. The van der Waals surface area contributed by atoms with Crippen LogP contribution in [-0.4, -0.2) is 67.7 Å². The zero-order valence-corrected chi connectivity index (χ0v) is 15.1. The Labute approximate surface area is 150 Å². The van der Waals surface area contributed by atoms with Gasteiger partial charge in [0, 0.05) is 51.7 Å². The molecule has 0 aliphatic carbocycles. The van der Waals surface area contributed by atoms with Crippen LogP contribution in [0.25, 0.3) is 0 Å². The fraction of sp³-hybridized carbons (Fsp3) is 0.611. The van der Waals surface area contributed by atoms with Gasteiger partial charge in [-0.05, 0) is 12.0 Å². The van der Waals surface area contributed by atoms with Gasteiger partial charge in [-0.3, -0.25) is 9.69 Å². The van der Waals surface area contributed by atoms with Crippen molar-refractivity contribution in [3.63, 3.8) is 0 Å². The highest BCUT2D eigenvalue weighted by Crippen LogP contribution is 2.18. The van der Waals surface area contributed by atoms with Crippen molar-refractivity contribution in [2.24, 2.45) is 0 Å². The predicted molar refractivity (Wildman–Crippen MR) is 97.4 cm³/mol. The molecular formula is C18H28ClN3O2. The molecule has 0 radical (unpaired) electrons. The molecule has 0 aromatic heterocycles. The molecule has 1 amide bonds. The lowest BCUT2D eigenvalue weighted by molar-refractivity contribution is -0.133. The van der Waals surface area contributed by atoms with Gasteiger partial charge in [0.25, 0.3) is 0 Å². The van der Waals surface area contributed by atoms with E-state index in [2.05, 4.69) is 34.5 Å². The Bertz CT molecular complexity index is 508. The van der Waals surface area contributed by atoms with E-state index in [-0.39, 0.29) is 24.4 Å². The van der Waals surface area contributed by atoms with Crippen LogP contribution in [0.3, 0.4) is 0 Å². The standard InChI is InChI=1S/C18H27N3O2.ClH/c1-20(18(22)11-16-14-23-10-8-19-16)17-7-9-21(13-17)12-15-5-3-2-4-6-15;/h2-6,16-17,19H,7-14H2,1H3;1H. The minimum atomic E-state index is 0. The summed E-state index contributed by atoms with van der Waals surface area (Å²) in [7, 11) is 1.95. The van der Waals surface area contributed by atoms with Crippen molar-refractivity contribution in [2.75, 3.05) is 39.9 Å². The number of amides is 1. The van der Waals surface area contributed by atoms with Crippen LogP contribution >= 0.6 is 12.4 Å². The van der Waals surface area contributed by atoms with Crippen LogP contribution < -0.4 is 5.32 Å². The molecule has 2 saturated heterocycles. The van der Waals surface area contributed by atoms with Gasteiger partial charge in [0.05, 0.1) is 13.2 Å². The third-order valence-electron chi connectivity index (χ3n) is 4.86. The number of nitrogens with zero attached hydrogens (tertiary/aromatic N) is 2. The summed E-state index contributed by atoms with van der Waals surface area (Å²) in [5, 5.41) is 3.35. The van der Waals surface area contributed by atoms with E-state index in [0.717, 1.165) is 39.2 Å². The smallest absolute Gasteiger partial charge is 0.224 e. The Morgan fingerprint density at radius 3 is 2.88 bits per heavy atom. The van der Waals surface area contributed by atoms with E-state index in [1.54, 1.807) is 0 Å². The van der Waals surface area contributed by atoms with Crippen molar-refractivity contribution in [1.29, 1.82) is 0 Å². The van der Waals surface area contributed by atoms with Crippen LogP contribution in [0.1, 0.15) is 18.4 Å². The summed E-state index contributed by atoms with van der Waals surface area (Å²) < 4.78 is 5.43. The summed E-state index contributed by atoms with van der Waals surface area (Å²) in [5.41, 5.74) is 1.34. The zero-order valence-electron chi connectivity index (χ0n) is 14.3. The zero-order chi connectivity index (χ0) is 16.1. The number of carbonyl (C=O) groups is 1. The van der Waals surface area contributed by atoms with Crippen LogP contribution in [0.15, 0.2) is 30.3 Å². The molecule has 1 N–H and O–H groups in total. The van der Waals surface area contributed by atoms with Gasteiger partial charge in [0.15, 0.2) is 0 Å². The monoisotopic (exact) mass is 353 g/mol. The van der Waals surface area contributed by atoms with E-state index in [4.69, 9.17) is 4.74 Å². The fourth-order valence-corrected chi connectivity index (χ4v) is 3.42. The molecule has 3 rings (SSSR count). The van der Waals surface area contributed by atoms with Crippen molar-refractivity contribution >= 4 is 18.3 Å². The molecule has 134 valence electrons. The molecule has 2 unspecified atom stereocenters. The topological polar surface area (TPSA) is 44.8 Å². The van der Waals surface area contributed by atoms with Crippen LogP contribution in [0.5, 0.6) is 0 Å². The summed E-state index contributed by atoms with van der Waals surface area (Å²) in [5.74, 6) is 0.222. The Hall–Kier alpha value is -1.14. The Morgan fingerprint density at radius 2 is 2.17 bits per heavy atom. The molecule has 0 saturated carbocycles. The highest BCUT2D eigenvalue weighted by molar-refractivity contribution is 5.85. The molecule has 5 nitrogen and oxygen atoms in total. The van der Waals surface area contributed by atoms with Gasteiger partial charge in [-0.25, -0.2) is 0 Å². The summed E-state index contributed by atoms with van der Waals surface area (Å²) in [4.78, 5) is 16.9. The van der Waals surface area contributed by atoms with Crippen LogP contribution in [0.2, 0.25) is 0 Å². The largest absolute Gasteiger partial charge is 0.378 e. The molecule has 2 aliphatic heterocycles. The number of hydrogen-bond acceptors (Lipinski definition) is 4. The van der Waals surface area contributed by atoms with E-state index in [1.807, 2.05) is 18.0 Å². The first-order valence-corrected chi connectivity index (χ1v) is 8.55. The normalized spacial score (nSPS) is 24.4. The fourth-order valence-electron chi connectivity index (χ4n) is 3.42. The molecule has 0 spiro atoms. The van der Waals surface area contributed by atoms with Crippen molar-refractivity contribution in [2.45, 2.75) is 31.5 Å². The third-order valence-corrected chi connectivity index (χ3v) is 4.86. The highest BCUT2D eigenvalue weighted by Gasteiger charge is 2.29. The van der Waals surface area contributed by atoms with Gasteiger partial charge >= 0.3 is 0 Å². The lowest BCUT2D eigenvalue weighted by Gasteiger charge is -2.29. The molecule has 2 atom stereocenters. The number of ether oxygens (including phenoxy) is 1. The van der Waals surface area contributed by atoms with Gasteiger partial charge in [0.2, 0.25) is 5.91 Å². The Kier molecular flexibility index (Phi) is 7.49. The maximum atomic E-state index is 12.5. The van der Waals surface area contributed by atoms with E-state index in [1.165, 1.54) is 5.56 Å². The third kappa shape index (κ3) is 5.18. The van der Waals surface area contributed by atoms with E-state index < -0.39 is 0 Å². The van der Waals surface area contributed by atoms with E-state index in [0.29, 0.717) is 19.1 Å². The van der Waals surface area contributed by atoms with Crippen molar-refractivity contribution in [3.05, 3.63) is 35.9 Å². The second kappa shape index (κ2) is 9.37. The summed E-state index contributed by atoms with van der Waals surface area (Å²) >= 11 is 0. The van der Waals surface area contributed by atoms with E-state index in [9.17, 15) is 4.79 Å². The molecule has 2 heterocycles. The van der Waals surface area contributed by atoms with Crippen LogP contribution in [0.4, 0.5) is 0 Å². The number of likely N-dealkylation sites (tertiary alicyclic amines) is 1. The molecule has 2 aliphatic rings. The first kappa shape index (κ1) is 19.2. The Balaban J connectivity index is 0.00000208. The number of benzene rings is 1. The predicted octanol–water partition coefficient (Wildman–Crippen LogP) is 1.52. The molecule has 1 aromatic rings. The minimum absolute atomic E-state index is 0. The lowest BCUT2D eigenvalue weighted by Crippen LogP contribution is -2.46. The number of hydrogen-bond donors (Lipinski definition) is 1. The van der Waals surface area contributed by atoms with Crippen LogP contribution in [0, 0.1) is 0 Å². The molecule has 6 heteroatoms. The average Bonchev–Trinajstić information content (AvgIpc) is 3.04. The SMILES string of the molecule is CN(C(=O)CC1COCCN1)C1CCN(Cc2ccccc2)C1.Cl.